The zero-order chi connectivity index (χ0) is 18.1. The Labute approximate surface area is 144 Å². The molecule has 1 aromatic carbocycles. The van der Waals surface area contributed by atoms with Crippen molar-refractivity contribution in [3.63, 3.8) is 0 Å². The Morgan fingerprint density at radius 1 is 1.08 bits per heavy atom. The molecule has 0 spiro atoms. The van der Waals surface area contributed by atoms with E-state index >= 15 is 0 Å². The van der Waals surface area contributed by atoms with E-state index < -0.39 is 11.8 Å². The van der Waals surface area contributed by atoms with Crippen molar-refractivity contribution in [3.05, 3.63) is 29.8 Å². The summed E-state index contributed by atoms with van der Waals surface area (Å²) in [6.07, 6.45) is 1.52. The third-order valence-electron chi connectivity index (χ3n) is 3.93. The van der Waals surface area contributed by atoms with Crippen LogP contribution in [0.4, 0.5) is 5.69 Å². The van der Waals surface area contributed by atoms with Crippen molar-refractivity contribution < 1.29 is 14.7 Å². The highest BCUT2D eigenvalue weighted by Gasteiger charge is 2.18. The minimum Gasteiger partial charge on any atom is -0.396 e. The van der Waals surface area contributed by atoms with E-state index in [2.05, 4.69) is 24.5 Å². The Morgan fingerprint density at radius 2 is 1.75 bits per heavy atom. The molecule has 1 atom stereocenters. The largest absolute Gasteiger partial charge is 0.396 e. The molecule has 1 aromatic rings. The molecule has 0 aliphatic heterocycles. The van der Waals surface area contributed by atoms with Gasteiger partial charge in [0.15, 0.2) is 0 Å². The second kappa shape index (κ2) is 10.1. The lowest BCUT2D eigenvalue weighted by molar-refractivity contribution is -0.136. The lowest BCUT2D eigenvalue weighted by Gasteiger charge is -2.18. The van der Waals surface area contributed by atoms with E-state index in [0.717, 1.165) is 12.0 Å². The molecule has 2 amide bonds. The normalized spacial score (nSPS) is 12.3. The van der Waals surface area contributed by atoms with Crippen molar-refractivity contribution in [2.24, 2.45) is 11.8 Å². The molecule has 0 bridgehead atoms. The van der Waals surface area contributed by atoms with E-state index in [0.29, 0.717) is 24.6 Å². The van der Waals surface area contributed by atoms with Crippen LogP contribution in [-0.2, 0) is 9.59 Å². The van der Waals surface area contributed by atoms with Gasteiger partial charge in [0.1, 0.15) is 0 Å². The Bertz CT molecular complexity index is 541. The van der Waals surface area contributed by atoms with Crippen LogP contribution < -0.4 is 10.6 Å². The molecule has 1 rings (SSSR count). The van der Waals surface area contributed by atoms with Gasteiger partial charge in [0, 0.05) is 18.8 Å². The molecule has 3 N–H and O–H groups in total. The summed E-state index contributed by atoms with van der Waals surface area (Å²) in [6, 6.07) is 7.49. The van der Waals surface area contributed by atoms with E-state index in [1.165, 1.54) is 0 Å². The molecule has 134 valence electrons. The standard InChI is InChI=1S/C19H30N2O3/c1-13(2)11-15(9-10-22)12-20-18(23)19(24)21-17-8-6-5-7-16(17)14(3)4/h5-8,13-15,22H,9-12H2,1-4H3,(H,20,23)(H,21,24). The van der Waals surface area contributed by atoms with Gasteiger partial charge < -0.3 is 15.7 Å². The van der Waals surface area contributed by atoms with Crippen LogP contribution in [-0.4, -0.2) is 30.1 Å². The van der Waals surface area contributed by atoms with Gasteiger partial charge in [-0.2, -0.15) is 0 Å². The second-order valence-electron chi connectivity index (χ2n) is 6.91. The molecule has 5 heteroatoms. The zero-order valence-corrected chi connectivity index (χ0v) is 15.1. The Morgan fingerprint density at radius 3 is 2.33 bits per heavy atom. The summed E-state index contributed by atoms with van der Waals surface area (Å²) < 4.78 is 0. The van der Waals surface area contributed by atoms with E-state index in [4.69, 9.17) is 5.11 Å². The topological polar surface area (TPSA) is 78.4 Å². The van der Waals surface area contributed by atoms with Crippen LogP contribution in [0.3, 0.4) is 0 Å². The van der Waals surface area contributed by atoms with Gasteiger partial charge in [0.2, 0.25) is 0 Å². The molecule has 5 nitrogen and oxygen atoms in total. The number of amides is 2. The monoisotopic (exact) mass is 334 g/mol. The van der Waals surface area contributed by atoms with E-state index in [9.17, 15) is 9.59 Å². The van der Waals surface area contributed by atoms with Crippen LogP contribution in [0.2, 0.25) is 0 Å². The van der Waals surface area contributed by atoms with Crippen molar-refractivity contribution in [1.82, 2.24) is 5.32 Å². The zero-order valence-electron chi connectivity index (χ0n) is 15.1. The van der Waals surface area contributed by atoms with Crippen LogP contribution in [0.15, 0.2) is 24.3 Å². The van der Waals surface area contributed by atoms with E-state index in [-0.39, 0.29) is 18.4 Å². The number of rotatable bonds is 8. The minimum absolute atomic E-state index is 0.0845. The average Bonchev–Trinajstić information content (AvgIpc) is 2.52. The maximum atomic E-state index is 12.1. The van der Waals surface area contributed by atoms with Crippen LogP contribution >= 0.6 is 0 Å². The van der Waals surface area contributed by atoms with Crippen molar-refractivity contribution in [1.29, 1.82) is 0 Å². The molecule has 0 heterocycles. The van der Waals surface area contributed by atoms with Gasteiger partial charge in [-0.15, -0.1) is 0 Å². The van der Waals surface area contributed by atoms with Crippen LogP contribution in [0.25, 0.3) is 0 Å². The number of carbonyl (C=O) groups excluding carboxylic acids is 2. The Balaban J connectivity index is 2.60. The van der Waals surface area contributed by atoms with Crippen LogP contribution in [0.5, 0.6) is 0 Å². The number of aliphatic hydroxyl groups excluding tert-OH is 1. The fraction of sp³-hybridized carbons (Fsp3) is 0.579. The van der Waals surface area contributed by atoms with Gasteiger partial charge in [-0.05, 0) is 42.2 Å². The first-order valence-corrected chi connectivity index (χ1v) is 8.64. The maximum absolute atomic E-state index is 12.1. The molecule has 1 unspecified atom stereocenters. The van der Waals surface area contributed by atoms with E-state index in [1.54, 1.807) is 6.07 Å². The first kappa shape index (κ1) is 20.2. The lowest BCUT2D eigenvalue weighted by Crippen LogP contribution is -2.38. The summed E-state index contributed by atoms with van der Waals surface area (Å²) in [5.41, 5.74) is 1.67. The number of benzene rings is 1. The summed E-state index contributed by atoms with van der Waals surface area (Å²) in [5.74, 6) is -0.389. The molecule has 24 heavy (non-hydrogen) atoms. The molecule has 0 fully saturated rings. The highest BCUT2D eigenvalue weighted by Crippen LogP contribution is 2.23. The fourth-order valence-electron chi connectivity index (χ4n) is 2.76. The van der Waals surface area contributed by atoms with Crippen LogP contribution in [0.1, 0.15) is 52.0 Å². The fourth-order valence-corrected chi connectivity index (χ4v) is 2.76. The van der Waals surface area contributed by atoms with Gasteiger partial charge in [-0.25, -0.2) is 0 Å². The number of anilines is 1. The second-order valence-corrected chi connectivity index (χ2v) is 6.91. The Hall–Kier alpha value is -1.88. The van der Waals surface area contributed by atoms with Gasteiger partial charge in [-0.3, -0.25) is 9.59 Å². The quantitative estimate of drug-likeness (QED) is 0.640. The van der Waals surface area contributed by atoms with Gasteiger partial charge in [0.25, 0.3) is 0 Å². The third kappa shape index (κ3) is 6.71. The summed E-state index contributed by atoms with van der Waals surface area (Å²) in [5, 5.41) is 14.5. The first-order valence-electron chi connectivity index (χ1n) is 8.64. The molecule has 0 aliphatic carbocycles. The number of nitrogens with one attached hydrogen (secondary N) is 2. The SMILES string of the molecule is CC(C)CC(CCO)CNC(=O)C(=O)Nc1ccccc1C(C)C. The minimum atomic E-state index is -0.657. The van der Waals surface area contributed by atoms with E-state index in [1.807, 2.05) is 32.0 Å². The smallest absolute Gasteiger partial charge is 0.313 e. The summed E-state index contributed by atoms with van der Waals surface area (Å²) in [4.78, 5) is 24.1. The average molecular weight is 334 g/mol. The van der Waals surface area contributed by atoms with Crippen molar-refractivity contribution >= 4 is 17.5 Å². The number of hydrogen-bond acceptors (Lipinski definition) is 3. The first-order chi connectivity index (χ1) is 11.3. The molecule has 0 saturated heterocycles. The predicted octanol–water partition coefficient (Wildman–Crippen LogP) is 2.91. The van der Waals surface area contributed by atoms with Crippen molar-refractivity contribution in [2.75, 3.05) is 18.5 Å². The van der Waals surface area contributed by atoms with Gasteiger partial charge in [-0.1, -0.05) is 45.9 Å². The predicted molar refractivity (Wildman–Crippen MR) is 96.8 cm³/mol. The summed E-state index contributed by atoms with van der Waals surface area (Å²) in [6.45, 7) is 8.76. The van der Waals surface area contributed by atoms with Gasteiger partial charge in [0.05, 0.1) is 0 Å². The number of carbonyl (C=O) groups is 2. The van der Waals surface area contributed by atoms with Crippen LogP contribution in [0, 0.1) is 11.8 Å². The molecule has 0 saturated carbocycles. The third-order valence-corrected chi connectivity index (χ3v) is 3.93. The molecular weight excluding hydrogens is 304 g/mol. The maximum Gasteiger partial charge on any atom is 0.313 e. The number of para-hydroxylation sites is 1. The number of hydrogen-bond donors (Lipinski definition) is 3. The summed E-state index contributed by atoms with van der Waals surface area (Å²) in [7, 11) is 0. The summed E-state index contributed by atoms with van der Waals surface area (Å²) >= 11 is 0. The number of aliphatic hydroxyl groups is 1. The van der Waals surface area contributed by atoms with Gasteiger partial charge >= 0.3 is 11.8 Å². The Kier molecular flexibility index (Phi) is 8.47. The van der Waals surface area contributed by atoms with Crippen molar-refractivity contribution in [3.8, 4) is 0 Å². The molecule has 0 aromatic heterocycles. The molecule has 0 aliphatic rings. The highest BCUT2D eigenvalue weighted by molar-refractivity contribution is 6.39. The molecular formula is C19H30N2O3. The van der Waals surface area contributed by atoms with Crippen molar-refractivity contribution in [2.45, 2.75) is 46.5 Å². The highest BCUT2D eigenvalue weighted by atomic mass is 16.3. The lowest BCUT2D eigenvalue weighted by atomic mass is 9.94. The molecule has 0 radical (unpaired) electrons.